The fraction of sp³-hybridized carbons (Fsp3) is 0.667. The Morgan fingerprint density at radius 1 is 1.29 bits per heavy atom. The molecule has 1 aromatic heterocycles. The molecular formula is C18H30N4O2. The van der Waals surface area contributed by atoms with Crippen LogP contribution in [0.5, 0.6) is 5.88 Å². The fourth-order valence-electron chi connectivity index (χ4n) is 3.31. The van der Waals surface area contributed by atoms with E-state index in [-0.39, 0.29) is 0 Å². The van der Waals surface area contributed by atoms with Gasteiger partial charge in [0.15, 0.2) is 5.96 Å². The van der Waals surface area contributed by atoms with E-state index in [1.165, 1.54) is 25.7 Å². The first-order valence-electron chi connectivity index (χ1n) is 8.64. The summed E-state index contributed by atoms with van der Waals surface area (Å²) in [6.45, 7) is 2.45. The van der Waals surface area contributed by atoms with E-state index in [9.17, 15) is 0 Å². The minimum Gasteiger partial charge on any atom is -0.481 e. The number of ether oxygens (including phenoxy) is 2. The summed E-state index contributed by atoms with van der Waals surface area (Å²) in [5, 5.41) is 6.85. The third-order valence-electron chi connectivity index (χ3n) is 4.82. The quantitative estimate of drug-likeness (QED) is 0.564. The fourth-order valence-corrected chi connectivity index (χ4v) is 3.31. The average molecular weight is 334 g/mol. The molecule has 0 amide bonds. The van der Waals surface area contributed by atoms with E-state index in [1.54, 1.807) is 27.5 Å². The van der Waals surface area contributed by atoms with Crippen LogP contribution >= 0.6 is 0 Å². The molecule has 1 aromatic rings. The van der Waals surface area contributed by atoms with Crippen LogP contribution in [0.1, 0.15) is 37.7 Å². The molecule has 24 heavy (non-hydrogen) atoms. The first-order valence-corrected chi connectivity index (χ1v) is 8.64. The van der Waals surface area contributed by atoms with E-state index < -0.39 is 0 Å². The Kier molecular flexibility index (Phi) is 7.31. The summed E-state index contributed by atoms with van der Waals surface area (Å²) in [4.78, 5) is 8.46. The van der Waals surface area contributed by atoms with E-state index in [1.807, 2.05) is 12.1 Å². The highest BCUT2D eigenvalue weighted by atomic mass is 16.5. The average Bonchev–Trinajstić information content (AvgIpc) is 3.09. The van der Waals surface area contributed by atoms with Crippen molar-refractivity contribution in [1.29, 1.82) is 0 Å². The topological polar surface area (TPSA) is 67.8 Å². The van der Waals surface area contributed by atoms with Crippen molar-refractivity contribution in [2.45, 2.75) is 38.6 Å². The number of methoxy groups -OCH3 is 2. The van der Waals surface area contributed by atoms with E-state index in [0.29, 0.717) is 17.8 Å². The van der Waals surface area contributed by atoms with Gasteiger partial charge < -0.3 is 20.1 Å². The van der Waals surface area contributed by atoms with Crippen molar-refractivity contribution in [3.63, 3.8) is 0 Å². The molecule has 0 bridgehead atoms. The smallest absolute Gasteiger partial charge is 0.213 e. The van der Waals surface area contributed by atoms with Crippen LogP contribution in [0.3, 0.4) is 0 Å². The minimum absolute atomic E-state index is 0.341. The molecule has 0 unspecified atom stereocenters. The molecular weight excluding hydrogens is 304 g/mol. The molecule has 6 nitrogen and oxygen atoms in total. The normalized spacial score (nSPS) is 16.9. The van der Waals surface area contributed by atoms with E-state index >= 15 is 0 Å². The van der Waals surface area contributed by atoms with Gasteiger partial charge in [0.25, 0.3) is 0 Å². The van der Waals surface area contributed by atoms with Crippen molar-refractivity contribution >= 4 is 5.96 Å². The van der Waals surface area contributed by atoms with Crippen LogP contribution in [-0.2, 0) is 11.3 Å². The number of hydrogen-bond acceptors (Lipinski definition) is 4. The number of aliphatic imine (C=N–C) groups is 1. The molecule has 1 heterocycles. The summed E-state index contributed by atoms with van der Waals surface area (Å²) in [6.07, 6.45) is 8.02. The number of guanidine groups is 1. The summed E-state index contributed by atoms with van der Waals surface area (Å²) in [6, 6.07) is 3.90. The van der Waals surface area contributed by atoms with Gasteiger partial charge in [-0.1, -0.05) is 12.8 Å². The van der Waals surface area contributed by atoms with Crippen LogP contribution in [-0.4, -0.2) is 45.4 Å². The zero-order valence-corrected chi connectivity index (χ0v) is 15.1. The van der Waals surface area contributed by atoms with E-state index in [0.717, 1.165) is 31.1 Å². The van der Waals surface area contributed by atoms with Gasteiger partial charge in [-0.25, -0.2) is 4.98 Å². The highest BCUT2D eigenvalue weighted by Gasteiger charge is 2.33. The number of nitrogens with one attached hydrogen (secondary N) is 2. The van der Waals surface area contributed by atoms with Gasteiger partial charge in [-0.3, -0.25) is 4.99 Å². The van der Waals surface area contributed by atoms with Crippen molar-refractivity contribution in [3.05, 3.63) is 23.9 Å². The molecule has 1 aliphatic carbocycles. The van der Waals surface area contributed by atoms with Gasteiger partial charge in [-0.15, -0.1) is 0 Å². The van der Waals surface area contributed by atoms with Crippen LogP contribution in [0.2, 0.25) is 0 Å². The number of nitrogens with zero attached hydrogens (tertiary/aromatic N) is 2. The minimum atomic E-state index is 0.341. The number of aromatic nitrogens is 1. The lowest BCUT2D eigenvalue weighted by atomic mass is 9.83. The second kappa shape index (κ2) is 9.47. The lowest BCUT2D eigenvalue weighted by molar-refractivity contribution is 0.138. The Bertz CT molecular complexity index is 528. The summed E-state index contributed by atoms with van der Waals surface area (Å²) in [5.41, 5.74) is 1.45. The van der Waals surface area contributed by atoms with Crippen LogP contribution < -0.4 is 15.4 Å². The lowest BCUT2D eigenvalue weighted by Gasteiger charge is -2.30. The third kappa shape index (κ3) is 5.37. The summed E-state index contributed by atoms with van der Waals surface area (Å²) < 4.78 is 10.5. The predicted molar refractivity (Wildman–Crippen MR) is 96.4 cm³/mol. The lowest BCUT2D eigenvalue weighted by Crippen LogP contribution is -2.43. The van der Waals surface area contributed by atoms with Crippen molar-refractivity contribution in [2.24, 2.45) is 10.4 Å². The van der Waals surface area contributed by atoms with Crippen LogP contribution in [0.15, 0.2) is 23.3 Å². The maximum Gasteiger partial charge on any atom is 0.213 e. The monoisotopic (exact) mass is 334 g/mol. The SMILES string of the molecule is CN=C(NCc1ccnc(OC)c1)NCC1(CCOC)CCCC1. The van der Waals surface area contributed by atoms with Gasteiger partial charge in [0.2, 0.25) is 5.88 Å². The van der Waals surface area contributed by atoms with Gasteiger partial charge in [-0.2, -0.15) is 0 Å². The standard InChI is InChI=1S/C18H30N4O2/c1-19-17(21-13-15-6-10-20-16(12-15)24-3)22-14-18(9-11-23-2)7-4-5-8-18/h6,10,12H,4-5,7-9,11,13-14H2,1-3H3,(H2,19,21,22). The van der Waals surface area contributed by atoms with Gasteiger partial charge in [-0.05, 0) is 36.3 Å². The molecule has 0 atom stereocenters. The zero-order valence-electron chi connectivity index (χ0n) is 15.1. The second-order valence-electron chi connectivity index (χ2n) is 6.44. The van der Waals surface area contributed by atoms with Crippen molar-refractivity contribution in [2.75, 3.05) is 34.4 Å². The van der Waals surface area contributed by atoms with Crippen LogP contribution in [0.4, 0.5) is 0 Å². The molecule has 2 N–H and O–H groups in total. The maximum absolute atomic E-state index is 5.30. The van der Waals surface area contributed by atoms with Gasteiger partial charge in [0, 0.05) is 46.1 Å². The Labute approximate surface area is 145 Å². The summed E-state index contributed by atoms with van der Waals surface area (Å²) in [5.74, 6) is 1.45. The zero-order chi connectivity index (χ0) is 17.3. The molecule has 0 aliphatic heterocycles. The number of rotatable bonds is 8. The number of hydrogen-bond donors (Lipinski definition) is 2. The Morgan fingerprint density at radius 2 is 2.08 bits per heavy atom. The van der Waals surface area contributed by atoms with Gasteiger partial charge in [0.1, 0.15) is 0 Å². The number of pyridine rings is 1. The maximum atomic E-state index is 5.30. The van der Waals surface area contributed by atoms with E-state index in [4.69, 9.17) is 9.47 Å². The largest absolute Gasteiger partial charge is 0.481 e. The molecule has 0 saturated heterocycles. The molecule has 1 saturated carbocycles. The molecule has 134 valence electrons. The van der Waals surface area contributed by atoms with Crippen LogP contribution in [0.25, 0.3) is 0 Å². The Balaban J connectivity index is 1.85. The van der Waals surface area contributed by atoms with Crippen LogP contribution in [0, 0.1) is 5.41 Å². The highest BCUT2D eigenvalue weighted by Crippen LogP contribution is 2.40. The summed E-state index contributed by atoms with van der Waals surface area (Å²) in [7, 11) is 5.21. The third-order valence-corrected chi connectivity index (χ3v) is 4.82. The first kappa shape index (κ1) is 18.5. The molecule has 6 heteroatoms. The molecule has 0 aromatic carbocycles. The second-order valence-corrected chi connectivity index (χ2v) is 6.44. The Hall–Kier alpha value is -1.82. The first-order chi connectivity index (χ1) is 11.7. The van der Waals surface area contributed by atoms with Gasteiger partial charge in [0.05, 0.1) is 7.11 Å². The molecule has 1 fully saturated rings. The Morgan fingerprint density at radius 3 is 2.75 bits per heavy atom. The van der Waals surface area contributed by atoms with Crippen molar-refractivity contribution in [3.8, 4) is 5.88 Å². The molecule has 1 aliphatic rings. The van der Waals surface area contributed by atoms with Crippen molar-refractivity contribution in [1.82, 2.24) is 15.6 Å². The van der Waals surface area contributed by atoms with Gasteiger partial charge >= 0.3 is 0 Å². The van der Waals surface area contributed by atoms with Crippen molar-refractivity contribution < 1.29 is 9.47 Å². The highest BCUT2D eigenvalue weighted by molar-refractivity contribution is 5.79. The molecule has 0 radical (unpaired) electrons. The molecule has 0 spiro atoms. The van der Waals surface area contributed by atoms with E-state index in [2.05, 4.69) is 20.6 Å². The molecule has 2 rings (SSSR count). The summed E-state index contributed by atoms with van der Waals surface area (Å²) >= 11 is 0. The predicted octanol–water partition coefficient (Wildman–Crippen LogP) is 2.35.